The third kappa shape index (κ3) is 2.68. The fourth-order valence-electron chi connectivity index (χ4n) is 3.05. The largest absolute Gasteiger partial charge is 0.342 e. The predicted molar refractivity (Wildman–Crippen MR) is 69.9 cm³/mol. The van der Waals surface area contributed by atoms with Crippen LogP contribution in [0.25, 0.3) is 0 Å². The zero-order valence-electron chi connectivity index (χ0n) is 11.4. The van der Waals surface area contributed by atoms with Gasteiger partial charge in [-0.05, 0) is 24.7 Å². The Morgan fingerprint density at radius 1 is 1.11 bits per heavy atom. The molecule has 1 saturated heterocycles. The van der Waals surface area contributed by atoms with Gasteiger partial charge in [-0.1, -0.05) is 39.5 Å². The monoisotopic (exact) mass is 252 g/mol. The Morgan fingerprint density at radius 3 is 2.39 bits per heavy atom. The number of piperazine rings is 1. The van der Waals surface area contributed by atoms with Crippen molar-refractivity contribution in [1.29, 1.82) is 0 Å². The van der Waals surface area contributed by atoms with Crippen molar-refractivity contribution in [3.8, 4) is 0 Å². The topological polar surface area (TPSA) is 58.2 Å². The second kappa shape index (κ2) is 5.72. The summed E-state index contributed by atoms with van der Waals surface area (Å²) in [5, 5.41) is 5.86. The van der Waals surface area contributed by atoms with Gasteiger partial charge >= 0.3 is 0 Å². The molecule has 0 aromatic carbocycles. The molecular weight excluding hydrogens is 228 g/mol. The second-order valence-corrected chi connectivity index (χ2v) is 5.76. The average molecular weight is 252 g/mol. The van der Waals surface area contributed by atoms with E-state index < -0.39 is 0 Å². The van der Waals surface area contributed by atoms with Gasteiger partial charge in [0.1, 0.15) is 12.1 Å². The first-order chi connectivity index (χ1) is 8.63. The van der Waals surface area contributed by atoms with Gasteiger partial charge in [0, 0.05) is 0 Å². The van der Waals surface area contributed by atoms with E-state index in [2.05, 4.69) is 10.6 Å². The van der Waals surface area contributed by atoms with Crippen LogP contribution in [0.5, 0.6) is 0 Å². The SMILES string of the molecule is CCC(C)C1NC(=O)C(C2CCCCC2)NC1=O. The third-order valence-corrected chi connectivity index (χ3v) is 4.49. The van der Waals surface area contributed by atoms with E-state index in [1.165, 1.54) is 19.3 Å². The van der Waals surface area contributed by atoms with E-state index in [-0.39, 0.29) is 29.8 Å². The summed E-state index contributed by atoms with van der Waals surface area (Å²) in [6.07, 6.45) is 6.64. The molecule has 2 fully saturated rings. The zero-order valence-corrected chi connectivity index (χ0v) is 11.4. The molecule has 2 rings (SSSR count). The molecule has 0 radical (unpaired) electrons. The van der Waals surface area contributed by atoms with Crippen molar-refractivity contribution in [2.75, 3.05) is 0 Å². The Labute approximate surface area is 109 Å². The van der Waals surface area contributed by atoms with Gasteiger partial charge < -0.3 is 10.6 Å². The first kappa shape index (κ1) is 13.4. The van der Waals surface area contributed by atoms with Crippen LogP contribution in [0.15, 0.2) is 0 Å². The maximum Gasteiger partial charge on any atom is 0.243 e. The Morgan fingerprint density at radius 2 is 1.78 bits per heavy atom. The van der Waals surface area contributed by atoms with Crippen LogP contribution in [0.1, 0.15) is 52.4 Å². The predicted octanol–water partition coefficient (Wildman–Crippen LogP) is 1.60. The zero-order chi connectivity index (χ0) is 13.1. The molecule has 2 amide bonds. The van der Waals surface area contributed by atoms with E-state index in [1.54, 1.807) is 0 Å². The lowest BCUT2D eigenvalue weighted by molar-refractivity contribution is -0.139. The Bertz CT molecular complexity index is 324. The number of rotatable bonds is 3. The highest BCUT2D eigenvalue weighted by Gasteiger charge is 2.39. The molecule has 1 saturated carbocycles. The number of hydrogen-bond acceptors (Lipinski definition) is 2. The summed E-state index contributed by atoms with van der Waals surface area (Å²) in [4.78, 5) is 24.2. The van der Waals surface area contributed by atoms with Crippen molar-refractivity contribution >= 4 is 11.8 Å². The van der Waals surface area contributed by atoms with E-state index >= 15 is 0 Å². The van der Waals surface area contributed by atoms with Gasteiger partial charge in [-0.15, -0.1) is 0 Å². The fourth-order valence-corrected chi connectivity index (χ4v) is 3.05. The summed E-state index contributed by atoms with van der Waals surface area (Å²) >= 11 is 0. The molecule has 0 aromatic heterocycles. The maximum atomic E-state index is 12.1. The third-order valence-electron chi connectivity index (χ3n) is 4.49. The van der Waals surface area contributed by atoms with Crippen LogP contribution in [0.2, 0.25) is 0 Å². The lowest BCUT2D eigenvalue weighted by Gasteiger charge is -2.37. The van der Waals surface area contributed by atoms with E-state index in [9.17, 15) is 9.59 Å². The Hall–Kier alpha value is -1.06. The lowest BCUT2D eigenvalue weighted by atomic mass is 9.82. The number of carbonyl (C=O) groups is 2. The maximum absolute atomic E-state index is 12.1. The molecule has 4 nitrogen and oxygen atoms in total. The van der Waals surface area contributed by atoms with Gasteiger partial charge in [-0.3, -0.25) is 9.59 Å². The van der Waals surface area contributed by atoms with Gasteiger partial charge in [0.25, 0.3) is 0 Å². The van der Waals surface area contributed by atoms with Crippen LogP contribution >= 0.6 is 0 Å². The van der Waals surface area contributed by atoms with Crippen molar-refractivity contribution in [1.82, 2.24) is 10.6 Å². The minimum atomic E-state index is -0.345. The summed E-state index contributed by atoms with van der Waals surface area (Å²) < 4.78 is 0. The first-order valence-corrected chi connectivity index (χ1v) is 7.24. The molecule has 102 valence electrons. The quantitative estimate of drug-likeness (QED) is 0.801. The van der Waals surface area contributed by atoms with Crippen molar-refractivity contribution in [3.05, 3.63) is 0 Å². The van der Waals surface area contributed by atoms with Crippen molar-refractivity contribution in [2.24, 2.45) is 11.8 Å². The van der Waals surface area contributed by atoms with E-state index in [0.29, 0.717) is 5.92 Å². The molecule has 0 bridgehead atoms. The second-order valence-electron chi connectivity index (χ2n) is 5.76. The molecule has 2 N–H and O–H groups in total. The highest BCUT2D eigenvalue weighted by atomic mass is 16.2. The number of carbonyl (C=O) groups excluding carboxylic acids is 2. The molecule has 4 heteroatoms. The summed E-state index contributed by atoms with van der Waals surface area (Å²) in [6, 6.07) is -0.638. The molecule has 1 heterocycles. The highest BCUT2D eigenvalue weighted by Crippen LogP contribution is 2.28. The Balaban J connectivity index is 2.00. The van der Waals surface area contributed by atoms with Gasteiger partial charge in [-0.2, -0.15) is 0 Å². The fraction of sp³-hybridized carbons (Fsp3) is 0.857. The molecule has 0 aromatic rings. The molecule has 2 aliphatic rings. The van der Waals surface area contributed by atoms with Gasteiger partial charge in [-0.25, -0.2) is 0 Å². The van der Waals surface area contributed by atoms with Crippen LogP contribution in [0.4, 0.5) is 0 Å². The molecule has 1 aliphatic heterocycles. The normalized spacial score (nSPS) is 31.7. The van der Waals surface area contributed by atoms with Crippen molar-refractivity contribution < 1.29 is 9.59 Å². The number of nitrogens with one attached hydrogen (secondary N) is 2. The molecule has 18 heavy (non-hydrogen) atoms. The summed E-state index contributed by atoms with van der Waals surface area (Å²) in [5.74, 6) is 0.549. The van der Waals surface area contributed by atoms with Crippen LogP contribution < -0.4 is 10.6 Å². The molecule has 0 spiro atoms. The van der Waals surface area contributed by atoms with Crippen LogP contribution in [0, 0.1) is 11.8 Å². The van der Waals surface area contributed by atoms with Gasteiger partial charge in [0.2, 0.25) is 11.8 Å². The van der Waals surface area contributed by atoms with Gasteiger partial charge in [0.05, 0.1) is 0 Å². The van der Waals surface area contributed by atoms with Crippen LogP contribution in [0.3, 0.4) is 0 Å². The first-order valence-electron chi connectivity index (χ1n) is 7.24. The Kier molecular flexibility index (Phi) is 4.25. The standard InChI is InChI=1S/C14H24N2O2/c1-3-9(2)11-13(17)16-12(14(18)15-11)10-7-5-4-6-8-10/h9-12H,3-8H2,1-2H3,(H,15,18)(H,16,17). The molecule has 3 atom stereocenters. The van der Waals surface area contributed by atoms with Crippen molar-refractivity contribution in [2.45, 2.75) is 64.5 Å². The average Bonchev–Trinajstić information content (AvgIpc) is 2.41. The van der Waals surface area contributed by atoms with Gasteiger partial charge in [0.15, 0.2) is 0 Å². The molecular formula is C14H24N2O2. The number of hydrogen-bond donors (Lipinski definition) is 2. The minimum absolute atomic E-state index is 0.000441. The summed E-state index contributed by atoms with van der Waals surface area (Å²) in [6.45, 7) is 4.04. The molecule has 3 unspecified atom stereocenters. The lowest BCUT2D eigenvalue weighted by Crippen LogP contribution is -2.65. The van der Waals surface area contributed by atoms with Crippen LogP contribution in [-0.2, 0) is 9.59 Å². The summed E-state index contributed by atoms with van der Waals surface area (Å²) in [5.41, 5.74) is 0. The minimum Gasteiger partial charge on any atom is -0.342 e. The smallest absolute Gasteiger partial charge is 0.243 e. The number of amides is 2. The van der Waals surface area contributed by atoms with E-state index in [0.717, 1.165) is 19.3 Å². The van der Waals surface area contributed by atoms with Crippen molar-refractivity contribution in [3.63, 3.8) is 0 Å². The van der Waals surface area contributed by atoms with E-state index in [1.807, 2.05) is 13.8 Å². The van der Waals surface area contributed by atoms with Crippen LogP contribution in [-0.4, -0.2) is 23.9 Å². The molecule has 1 aliphatic carbocycles. The summed E-state index contributed by atoms with van der Waals surface area (Å²) in [7, 11) is 0. The van der Waals surface area contributed by atoms with E-state index in [4.69, 9.17) is 0 Å². The highest BCUT2D eigenvalue weighted by molar-refractivity contribution is 5.97.